The fourth-order valence-electron chi connectivity index (χ4n) is 1.80. The van der Waals surface area contributed by atoms with Crippen molar-refractivity contribution in [3.05, 3.63) is 41.6 Å². The lowest BCUT2D eigenvalue weighted by molar-refractivity contribution is 0.0122. The highest BCUT2D eigenvalue weighted by Crippen LogP contribution is 2.28. The molecule has 21 heavy (non-hydrogen) atoms. The lowest BCUT2D eigenvalue weighted by Gasteiger charge is -2.06. The number of hydrogen-bond donors (Lipinski definition) is 2. The molecule has 0 unspecified atom stereocenters. The van der Waals surface area contributed by atoms with E-state index in [1.807, 2.05) is 31.2 Å². The predicted octanol–water partition coefficient (Wildman–Crippen LogP) is 2.90. The molecule has 5 nitrogen and oxygen atoms in total. The van der Waals surface area contributed by atoms with Crippen molar-refractivity contribution in [2.75, 3.05) is 5.32 Å². The Labute approximate surface area is 121 Å². The highest BCUT2D eigenvalue weighted by molar-refractivity contribution is 5.93. The fourth-order valence-corrected chi connectivity index (χ4v) is 1.80. The number of rotatable bonds is 3. The Morgan fingerprint density at radius 3 is 2.67 bits per heavy atom. The van der Waals surface area contributed by atoms with Crippen LogP contribution in [0, 0.1) is 6.92 Å². The molecular formula is C14H17F2N5. The second-order valence-electron chi connectivity index (χ2n) is 4.89. The summed E-state index contributed by atoms with van der Waals surface area (Å²) in [7, 11) is 1.54. The molecule has 0 bridgehead atoms. The maximum Gasteiger partial charge on any atom is 0.288 e. The average Bonchev–Trinajstić information content (AvgIpc) is 2.70. The summed E-state index contributed by atoms with van der Waals surface area (Å²) in [6.45, 7) is 2.74. The SMILES string of the molecule is Cc1cccc(NC(N)=Nc2cc(C(C)(F)F)nn2C)c1. The standard InChI is InChI=1S/C14H17F2N5/c1-9-5-4-6-10(7-9)18-13(17)19-12-8-11(14(2,15)16)20-21(12)3/h4-8H,1-3H3,(H3,17,18,19). The molecule has 0 amide bonds. The summed E-state index contributed by atoms with van der Waals surface area (Å²) < 4.78 is 27.7. The largest absolute Gasteiger partial charge is 0.369 e. The quantitative estimate of drug-likeness (QED) is 0.675. The molecule has 0 fully saturated rings. The van der Waals surface area contributed by atoms with Gasteiger partial charge in [0.05, 0.1) is 0 Å². The minimum Gasteiger partial charge on any atom is -0.369 e. The summed E-state index contributed by atoms with van der Waals surface area (Å²) in [5, 5.41) is 6.64. The van der Waals surface area contributed by atoms with Gasteiger partial charge in [0, 0.05) is 25.7 Å². The van der Waals surface area contributed by atoms with Crippen molar-refractivity contribution in [3.8, 4) is 0 Å². The van der Waals surface area contributed by atoms with E-state index in [0.29, 0.717) is 0 Å². The number of guanidine groups is 1. The number of aliphatic imine (C=N–C) groups is 1. The van der Waals surface area contributed by atoms with E-state index in [1.165, 1.54) is 17.8 Å². The van der Waals surface area contributed by atoms with Gasteiger partial charge in [0.2, 0.25) is 0 Å². The van der Waals surface area contributed by atoms with Crippen molar-refractivity contribution in [3.63, 3.8) is 0 Å². The second kappa shape index (κ2) is 5.51. The van der Waals surface area contributed by atoms with E-state index >= 15 is 0 Å². The Balaban J connectivity index is 2.21. The number of halogens is 2. The molecule has 0 aliphatic rings. The van der Waals surface area contributed by atoms with Crippen LogP contribution in [0.2, 0.25) is 0 Å². The number of hydrogen-bond acceptors (Lipinski definition) is 2. The Kier molecular flexibility index (Phi) is 3.93. The molecule has 0 saturated heterocycles. The molecule has 1 heterocycles. The molecule has 2 rings (SSSR count). The monoisotopic (exact) mass is 293 g/mol. The molecule has 0 atom stereocenters. The summed E-state index contributed by atoms with van der Waals surface area (Å²) in [5.74, 6) is -2.65. The maximum atomic E-state index is 13.2. The zero-order chi connectivity index (χ0) is 15.6. The van der Waals surface area contributed by atoms with Gasteiger partial charge in [0.1, 0.15) is 5.69 Å². The number of aryl methyl sites for hydroxylation is 2. The first-order valence-corrected chi connectivity index (χ1v) is 6.36. The van der Waals surface area contributed by atoms with Gasteiger partial charge in [-0.2, -0.15) is 18.9 Å². The van der Waals surface area contributed by atoms with Gasteiger partial charge in [-0.05, 0) is 24.6 Å². The molecule has 0 saturated carbocycles. The topological polar surface area (TPSA) is 68.2 Å². The van der Waals surface area contributed by atoms with E-state index in [-0.39, 0.29) is 17.5 Å². The number of nitrogens with two attached hydrogens (primary N) is 1. The zero-order valence-corrected chi connectivity index (χ0v) is 12.1. The van der Waals surface area contributed by atoms with Gasteiger partial charge < -0.3 is 11.1 Å². The van der Waals surface area contributed by atoms with Crippen LogP contribution in [0.5, 0.6) is 0 Å². The first-order valence-electron chi connectivity index (χ1n) is 6.36. The minimum atomic E-state index is -3.01. The van der Waals surface area contributed by atoms with Crippen LogP contribution < -0.4 is 11.1 Å². The van der Waals surface area contributed by atoms with E-state index in [4.69, 9.17) is 5.73 Å². The van der Waals surface area contributed by atoms with E-state index in [0.717, 1.165) is 18.2 Å². The van der Waals surface area contributed by atoms with Crippen molar-refractivity contribution in [2.24, 2.45) is 17.8 Å². The molecule has 0 spiro atoms. The van der Waals surface area contributed by atoms with Crippen molar-refractivity contribution in [1.29, 1.82) is 0 Å². The molecular weight excluding hydrogens is 276 g/mol. The van der Waals surface area contributed by atoms with Gasteiger partial charge in [0.15, 0.2) is 11.8 Å². The normalized spacial score (nSPS) is 12.5. The van der Waals surface area contributed by atoms with Crippen LogP contribution in [0.1, 0.15) is 18.2 Å². The van der Waals surface area contributed by atoms with E-state index in [2.05, 4.69) is 15.4 Å². The summed E-state index contributed by atoms with van der Waals surface area (Å²) in [5.41, 5.74) is 7.29. The highest BCUT2D eigenvalue weighted by atomic mass is 19.3. The van der Waals surface area contributed by atoms with Crippen LogP contribution in [0.25, 0.3) is 0 Å². The Hall–Kier alpha value is -2.44. The lowest BCUT2D eigenvalue weighted by atomic mass is 10.2. The van der Waals surface area contributed by atoms with Gasteiger partial charge in [-0.3, -0.25) is 4.68 Å². The molecule has 0 aliphatic heterocycles. The van der Waals surface area contributed by atoms with Crippen molar-refractivity contribution >= 4 is 17.5 Å². The van der Waals surface area contributed by atoms with Gasteiger partial charge >= 0.3 is 0 Å². The van der Waals surface area contributed by atoms with Crippen LogP contribution in [-0.4, -0.2) is 15.7 Å². The maximum absolute atomic E-state index is 13.2. The van der Waals surface area contributed by atoms with Gasteiger partial charge in [-0.15, -0.1) is 0 Å². The molecule has 7 heteroatoms. The first kappa shape index (κ1) is 15.0. The molecule has 112 valence electrons. The molecule has 1 aromatic heterocycles. The molecule has 2 aromatic rings. The van der Waals surface area contributed by atoms with E-state index < -0.39 is 5.92 Å². The zero-order valence-electron chi connectivity index (χ0n) is 12.1. The molecule has 0 aliphatic carbocycles. The Morgan fingerprint density at radius 2 is 2.10 bits per heavy atom. The van der Waals surface area contributed by atoms with Crippen molar-refractivity contribution in [2.45, 2.75) is 19.8 Å². The van der Waals surface area contributed by atoms with Gasteiger partial charge in [-0.1, -0.05) is 12.1 Å². The third-order valence-corrected chi connectivity index (χ3v) is 2.83. The third-order valence-electron chi connectivity index (χ3n) is 2.83. The first-order chi connectivity index (χ1) is 9.75. The molecule has 0 radical (unpaired) electrons. The predicted molar refractivity (Wildman–Crippen MR) is 78.9 cm³/mol. The van der Waals surface area contributed by atoms with Gasteiger partial charge in [0.25, 0.3) is 5.92 Å². The summed E-state index contributed by atoms with van der Waals surface area (Å²) in [4.78, 5) is 4.07. The number of benzene rings is 1. The third kappa shape index (κ3) is 3.77. The van der Waals surface area contributed by atoms with Crippen LogP contribution >= 0.6 is 0 Å². The number of nitrogens with one attached hydrogen (secondary N) is 1. The summed E-state index contributed by atoms with van der Waals surface area (Å²) >= 11 is 0. The fraction of sp³-hybridized carbons (Fsp3) is 0.286. The molecule has 3 N–H and O–H groups in total. The minimum absolute atomic E-state index is 0.106. The van der Waals surface area contributed by atoms with Crippen molar-refractivity contribution < 1.29 is 8.78 Å². The number of aromatic nitrogens is 2. The summed E-state index contributed by atoms with van der Waals surface area (Å²) in [6.07, 6.45) is 0. The number of nitrogens with zero attached hydrogens (tertiary/aromatic N) is 3. The van der Waals surface area contributed by atoms with Crippen molar-refractivity contribution in [1.82, 2.24) is 9.78 Å². The smallest absolute Gasteiger partial charge is 0.288 e. The Bertz CT molecular complexity index is 670. The second-order valence-corrected chi connectivity index (χ2v) is 4.89. The van der Waals surface area contributed by atoms with E-state index in [9.17, 15) is 8.78 Å². The van der Waals surface area contributed by atoms with Crippen LogP contribution in [-0.2, 0) is 13.0 Å². The van der Waals surface area contributed by atoms with Crippen LogP contribution in [0.4, 0.5) is 20.3 Å². The highest BCUT2D eigenvalue weighted by Gasteiger charge is 2.28. The Morgan fingerprint density at radius 1 is 1.38 bits per heavy atom. The van der Waals surface area contributed by atoms with Crippen LogP contribution in [0.3, 0.4) is 0 Å². The summed E-state index contributed by atoms with van der Waals surface area (Å²) in [6, 6.07) is 8.78. The van der Waals surface area contributed by atoms with E-state index in [1.54, 1.807) is 0 Å². The van der Waals surface area contributed by atoms with Crippen LogP contribution in [0.15, 0.2) is 35.3 Å². The number of anilines is 1. The molecule has 1 aromatic carbocycles. The number of alkyl halides is 2. The van der Waals surface area contributed by atoms with Gasteiger partial charge in [-0.25, -0.2) is 0 Å². The average molecular weight is 293 g/mol. The lowest BCUT2D eigenvalue weighted by Crippen LogP contribution is -2.22.